The number of hydrogen-bond donors (Lipinski definition) is 1. The first-order chi connectivity index (χ1) is 14.6. The molecule has 4 nitrogen and oxygen atoms in total. The summed E-state index contributed by atoms with van der Waals surface area (Å²) >= 11 is 9.44. The Kier molecular flexibility index (Phi) is 6.50. The van der Waals surface area contributed by atoms with Crippen LogP contribution in [0.5, 0.6) is 0 Å². The van der Waals surface area contributed by atoms with Crippen LogP contribution in [0.4, 0.5) is 4.79 Å². The van der Waals surface area contributed by atoms with E-state index in [1.807, 2.05) is 42.5 Å². The predicted octanol–water partition coefficient (Wildman–Crippen LogP) is 6.44. The fourth-order valence-corrected chi connectivity index (χ4v) is 4.19. The Balaban J connectivity index is 1.28. The number of carbonyl (C=O) groups excluding carboxylic acids is 1. The number of pyridine rings is 1. The molecule has 30 heavy (non-hydrogen) atoms. The first-order valence-electron chi connectivity index (χ1n) is 9.70. The molecule has 4 rings (SSSR count). The lowest BCUT2D eigenvalue weighted by Crippen LogP contribution is -2.26. The van der Waals surface area contributed by atoms with Crippen molar-refractivity contribution in [2.75, 3.05) is 13.2 Å². The Morgan fingerprint density at radius 1 is 1.13 bits per heavy atom. The van der Waals surface area contributed by atoms with Gasteiger partial charge in [-0.2, -0.15) is 0 Å². The summed E-state index contributed by atoms with van der Waals surface area (Å²) in [4.78, 5) is 16.2. The molecule has 2 aromatic carbocycles. The van der Waals surface area contributed by atoms with Crippen molar-refractivity contribution in [1.82, 2.24) is 10.3 Å². The standard InChI is InChI=1S/C24H20BrClN2O2/c25-17-13-16(23(26)28-14-17)7-5-6-12-27-24(29)30-15-22-20-10-3-1-8-18(20)19-9-2-4-11-21(19)22/h1-5,7-11,13-14,22H,6,12,15H2,(H,27,29). The molecule has 6 heteroatoms. The molecule has 0 spiro atoms. The average Bonchev–Trinajstić information content (AvgIpc) is 3.08. The third-order valence-electron chi connectivity index (χ3n) is 5.05. The van der Waals surface area contributed by atoms with Crippen molar-refractivity contribution in [3.05, 3.63) is 93.2 Å². The highest BCUT2D eigenvalue weighted by molar-refractivity contribution is 9.10. The van der Waals surface area contributed by atoms with E-state index in [0.29, 0.717) is 24.7 Å². The molecule has 0 fully saturated rings. The molecule has 1 aliphatic carbocycles. The largest absolute Gasteiger partial charge is 0.449 e. The van der Waals surface area contributed by atoms with Gasteiger partial charge in [0, 0.05) is 28.7 Å². The molecular weight excluding hydrogens is 464 g/mol. The van der Waals surface area contributed by atoms with Crippen molar-refractivity contribution in [3.8, 4) is 11.1 Å². The van der Waals surface area contributed by atoms with Gasteiger partial charge in [0.2, 0.25) is 0 Å². The lowest BCUT2D eigenvalue weighted by atomic mass is 9.98. The minimum Gasteiger partial charge on any atom is -0.449 e. The highest BCUT2D eigenvalue weighted by atomic mass is 79.9. The minimum absolute atomic E-state index is 0.0641. The fraction of sp³-hybridized carbons (Fsp3) is 0.167. The molecule has 1 aliphatic rings. The van der Waals surface area contributed by atoms with Crippen molar-refractivity contribution in [3.63, 3.8) is 0 Å². The Bertz CT molecular complexity index is 1050. The van der Waals surface area contributed by atoms with Gasteiger partial charge in [-0.15, -0.1) is 0 Å². The molecule has 0 atom stereocenters. The molecule has 0 unspecified atom stereocenters. The predicted molar refractivity (Wildman–Crippen MR) is 124 cm³/mol. The van der Waals surface area contributed by atoms with Crippen molar-refractivity contribution in [1.29, 1.82) is 0 Å². The normalized spacial score (nSPS) is 12.6. The van der Waals surface area contributed by atoms with Crippen molar-refractivity contribution < 1.29 is 9.53 Å². The van der Waals surface area contributed by atoms with Gasteiger partial charge in [0.25, 0.3) is 0 Å². The highest BCUT2D eigenvalue weighted by Gasteiger charge is 2.28. The molecule has 0 bridgehead atoms. The van der Waals surface area contributed by atoms with Crippen LogP contribution in [0.3, 0.4) is 0 Å². The second-order valence-electron chi connectivity index (χ2n) is 6.98. The van der Waals surface area contributed by atoms with Crippen LogP contribution in [0.15, 0.2) is 71.3 Å². The summed E-state index contributed by atoms with van der Waals surface area (Å²) < 4.78 is 6.39. The molecule has 1 aromatic heterocycles. The van der Waals surface area contributed by atoms with Crippen LogP contribution in [0.25, 0.3) is 17.2 Å². The van der Waals surface area contributed by atoms with Crippen LogP contribution in [-0.2, 0) is 4.74 Å². The summed E-state index contributed by atoms with van der Waals surface area (Å²) in [7, 11) is 0. The second kappa shape index (κ2) is 9.45. The van der Waals surface area contributed by atoms with Crippen LogP contribution in [0.2, 0.25) is 5.15 Å². The van der Waals surface area contributed by atoms with E-state index in [1.54, 1.807) is 6.20 Å². The zero-order chi connectivity index (χ0) is 20.9. The smallest absolute Gasteiger partial charge is 0.407 e. The number of rotatable bonds is 6. The molecule has 1 heterocycles. The molecule has 0 aliphatic heterocycles. The van der Waals surface area contributed by atoms with Gasteiger partial charge >= 0.3 is 6.09 Å². The number of nitrogens with one attached hydrogen (secondary N) is 1. The Labute approximate surface area is 189 Å². The molecule has 1 amide bonds. The number of alkyl carbamates (subject to hydrolysis) is 1. The van der Waals surface area contributed by atoms with Gasteiger partial charge in [0.05, 0.1) is 0 Å². The summed E-state index contributed by atoms with van der Waals surface area (Å²) in [6, 6.07) is 18.5. The SMILES string of the molecule is O=C(NCCC=Cc1cc(Br)cnc1Cl)OCC1c2ccccc2-c2ccccc21. The van der Waals surface area contributed by atoms with Crippen molar-refractivity contribution in [2.24, 2.45) is 0 Å². The molecular formula is C24H20BrClN2O2. The first kappa shape index (κ1) is 20.6. The fourth-order valence-electron chi connectivity index (χ4n) is 3.67. The maximum Gasteiger partial charge on any atom is 0.407 e. The summed E-state index contributed by atoms with van der Waals surface area (Å²) in [6.45, 7) is 0.793. The highest BCUT2D eigenvalue weighted by Crippen LogP contribution is 2.44. The molecule has 0 saturated heterocycles. The summed E-state index contributed by atoms with van der Waals surface area (Å²) in [6.07, 6.45) is 5.73. The Morgan fingerprint density at radius 3 is 2.50 bits per heavy atom. The number of ether oxygens (including phenoxy) is 1. The lowest BCUT2D eigenvalue weighted by Gasteiger charge is -2.14. The van der Waals surface area contributed by atoms with E-state index in [9.17, 15) is 4.79 Å². The number of nitrogens with zero attached hydrogens (tertiary/aromatic N) is 1. The monoisotopic (exact) mass is 482 g/mol. The van der Waals surface area contributed by atoms with E-state index >= 15 is 0 Å². The van der Waals surface area contributed by atoms with Crippen LogP contribution in [0, 0.1) is 0 Å². The van der Waals surface area contributed by atoms with E-state index in [2.05, 4.69) is 50.5 Å². The lowest BCUT2D eigenvalue weighted by molar-refractivity contribution is 0.143. The van der Waals surface area contributed by atoms with Gasteiger partial charge < -0.3 is 10.1 Å². The van der Waals surface area contributed by atoms with Gasteiger partial charge in [-0.25, -0.2) is 9.78 Å². The van der Waals surface area contributed by atoms with Crippen molar-refractivity contribution in [2.45, 2.75) is 12.3 Å². The minimum atomic E-state index is -0.410. The van der Waals surface area contributed by atoms with Crippen LogP contribution < -0.4 is 5.32 Å². The van der Waals surface area contributed by atoms with Crippen LogP contribution in [0.1, 0.15) is 29.0 Å². The van der Waals surface area contributed by atoms with Gasteiger partial charge in [-0.3, -0.25) is 0 Å². The number of halogens is 2. The zero-order valence-corrected chi connectivity index (χ0v) is 18.5. The third-order valence-corrected chi connectivity index (χ3v) is 5.80. The average molecular weight is 484 g/mol. The van der Waals surface area contributed by atoms with E-state index < -0.39 is 6.09 Å². The zero-order valence-electron chi connectivity index (χ0n) is 16.1. The van der Waals surface area contributed by atoms with E-state index in [1.165, 1.54) is 22.3 Å². The number of fused-ring (bicyclic) bond motifs is 3. The topological polar surface area (TPSA) is 51.2 Å². The summed E-state index contributed by atoms with van der Waals surface area (Å²) in [5.74, 6) is 0.0641. The van der Waals surface area contributed by atoms with Crippen LogP contribution >= 0.6 is 27.5 Å². The van der Waals surface area contributed by atoms with Crippen LogP contribution in [-0.4, -0.2) is 24.2 Å². The van der Waals surface area contributed by atoms with Gasteiger partial charge in [-0.05, 0) is 50.7 Å². The Hall–Kier alpha value is -2.63. The Morgan fingerprint density at radius 2 is 1.80 bits per heavy atom. The quantitative estimate of drug-likeness (QED) is 0.324. The van der Waals surface area contributed by atoms with E-state index in [4.69, 9.17) is 16.3 Å². The molecule has 1 N–H and O–H groups in total. The number of hydrogen-bond acceptors (Lipinski definition) is 3. The summed E-state index contributed by atoms with van der Waals surface area (Å²) in [5, 5.41) is 3.24. The number of aromatic nitrogens is 1. The third kappa shape index (κ3) is 4.58. The first-order valence-corrected chi connectivity index (χ1v) is 10.9. The van der Waals surface area contributed by atoms with E-state index in [0.717, 1.165) is 10.0 Å². The number of amides is 1. The molecule has 0 radical (unpaired) electrons. The van der Waals surface area contributed by atoms with E-state index in [-0.39, 0.29) is 5.92 Å². The molecule has 152 valence electrons. The molecule has 0 saturated carbocycles. The molecule has 3 aromatic rings. The van der Waals surface area contributed by atoms with Crippen molar-refractivity contribution >= 4 is 39.7 Å². The maximum atomic E-state index is 12.2. The number of carbonyl (C=O) groups is 1. The van der Waals surface area contributed by atoms with Gasteiger partial charge in [0.1, 0.15) is 11.8 Å². The second-order valence-corrected chi connectivity index (χ2v) is 8.25. The summed E-state index contributed by atoms with van der Waals surface area (Å²) in [5.41, 5.74) is 5.66. The van der Waals surface area contributed by atoms with Gasteiger partial charge in [0.15, 0.2) is 0 Å². The maximum absolute atomic E-state index is 12.2. The number of benzene rings is 2. The van der Waals surface area contributed by atoms with Gasteiger partial charge in [-0.1, -0.05) is 72.3 Å².